The van der Waals surface area contributed by atoms with Crippen molar-refractivity contribution in [3.05, 3.63) is 76.6 Å². The van der Waals surface area contributed by atoms with Gasteiger partial charge in [-0.15, -0.1) is 0 Å². The first-order valence-corrected chi connectivity index (χ1v) is 9.26. The topological polar surface area (TPSA) is 77.2 Å². The Morgan fingerprint density at radius 2 is 1.87 bits per heavy atom. The SMILES string of the molecule is CCc1ncnc(NCc2ccc(C(=O)OC)o2)c1C#Cc1ccc(C(F)(F)F)cc1. The molecule has 2 heterocycles. The number of anilines is 1. The van der Waals surface area contributed by atoms with Gasteiger partial charge in [0.1, 0.15) is 17.9 Å². The number of methoxy groups -OCH3 is 1. The smallest absolute Gasteiger partial charge is 0.416 e. The van der Waals surface area contributed by atoms with E-state index in [4.69, 9.17) is 4.42 Å². The lowest BCUT2D eigenvalue weighted by atomic mass is 10.1. The molecule has 0 aliphatic rings. The van der Waals surface area contributed by atoms with Crippen molar-refractivity contribution in [3.8, 4) is 11.8 Å². The van der Waals surface area contributed by atoms with Crippen molar-refractivity contribution in [1.29, 1.82) is 0 Å². The number of carbonyl (C=O) groups is 1. The van der Waals surface area contributed by atoms with Crippen LogP contribution in [-0.4, -0.2) is 23.0 Å². The molecule has 0 unspecified atom stereocenters. The summed E-state index contributed by atoms with van der Waals surface area (Å²) in [5.74, 6) is 6.24. The molecule has 1 aromatic carbocycles. The summed E-state index contributed by atoms with van der Waals surface area (Å²) >= 11 is 0. The molecule has 3 aromatic rings. The molecule has 0 atom stereocenters. The van der Waals surface area contributed by atoms with E-state index in [1.54, 1.807) is 6.07 Å². The van der Waals surface area contributed by atoms with E-state index in [1.807, 2.05) is 6.92 Å². The molecule has 0 saturated carbocycles. The summed E-state index contributed by atoms with van der Waals surface area (Å²) in [4.78, 5) is 19.9. The number of ether oxygens (including phenoxy) is 1. The highest BCUT2D eigenvalue weighted by Gasteiger charge is 2.29. The van der Waals surface area contributed by atoms with Gasteiger partial charge in [0.25, 0.3) is 0 Å². The molecule has 160 valence electrons. The third-order valence-corrected chi connectivity index (χ3v) is 4.28. The number of nitrogens with zero attached hydrogens (tertiary/aromatic N) is 2. The Balaban J connectivity index is 1.82. The lowest BCUT2D eigenvalue weighted by Crippen LogP contribution is -2.06. The van der Waals surface area contributed by atoms with Crippen LogP contribution in [-0.2, 0) is 23.9 Å². The molecule has 0 spiro atoms. The fraction of sp³-hybridized carbons (Fsp3) is 0.227. The van der Waals surface area contributed by atoms with Crippen molar-refractivity contribution in [3.63, 3.8) is 0 Å². The number of halogens is 3. The molecule has 0 amide bonds. The Labute approximate surface area is 176 Å². The van der Waals surface area contributed by atoms with E-state index in [9.17, 15) is 18.0 Å². The maximum atomic E-state index is 12.7. The molecular weight excluding hydrogens is 411 g/mol. The van der Waals surface area contributed by atoms with Gasteiger partial charge in [-0.25, -0.2) is 14.8 Å². The highest BCUT2D eigenvalue weighted by Crippen LogP contribution is 2.29. The molecule has 1 N–H and O–H groups in total. The summed E-state index contributed by atoms with van der Waals surface area (Å²) in [5.41, 5.74) is 0.914. The number of carbonyl (C=O) groups excluding carboxylic acids is 1. The van der Waals surface area contributed by atoms with E-state index in [1.165, 1.54) is 31.6 Å². The number of aromatic nitrogens is 2. The predicted octanol–water partition coefficient (Wildman–Crippen LogP) is 4.45. The fourth-order valence-electron chi connectivity index (χ4n) is 2.69. The van der Waals surface area contributed by atoms with Gasteiger partial charge >= 0.3 is 12.1 Å². The average molecular weight is 429 g/mol. The molecule has 31 heavy (non-hydrogen) atoms. The molecule has 0 aliphatic carbocycles. The zero-order valence-electron chi connectivity index (χ0n) is 16.7. The second kappa shape index (κ2) is 9.34. The number of benzene rings is 1. The summed E-state index contributed by atoms with van der Waals surface area (Å²) in [7, 11) is 1.26. The number of rotatable bonds is 5. The summed E-state index contributed by atoms with van der Waals surface area (Å²) in [6.45, 7) is 2.14. The first-order chi connectivity index (χ1) is 14.8. The lowest BCUT2D eigenvalue weighted by Gasteiger charge is -2.09. The van der Waals surface area contributed by atoms with Crippen LogP contribution in [0.3, 0.4) is 0 Å². The first-order valence-electron chi connectivity index (χ1n) is 9.26. The average Bonchev–Trinajstić information content (AvgIpc) is 3.24. The number of aryl methyl sites for hydroxylation is 1. The molecule has 6 nitrogen and oxygen atoms in total. The second-order valence-corrected chi connectivity index (χ2v) is 6.33. The van der Waals surface area contributed by atoms with Crippen molar-refractivity contribution < 1.29 is 27.1 Å². The molecule has 0 bridgehead atoms. The van der Waals surface area contributed by atoms with Crippen LogP contribution in [0.1, 0.15) is 45.6 Å². The van der Waals surface area contributed by atoms with Crippen LogP contribution >= 0.6 is 0 Å². The van der Waals surface area contributed by atoms with Crippen molar-refractivity contribution in [2.75, 3.05) is 12.4 Å². The Kier molecular flexibility index (Phi) is 6.60. The standard InChI is InChI=1S/C22H18F3N3O3/c1-3-18-17(10-6-14-4-7-15(8-5-14)22(23,24)25)20(28-13-27-18)26-12-16-9-11-19(31-16)21(29)30-2/h4-5,7-9,11,13H,3,12H2,1-2H3,(H,26,27,28). The van der Waals surface area contributed by atoms with Crippen LogP contribution in [0.15, 0.2) is 47.1 Å². The minimum atomic E-state index is -4.40. The highest BCUT2D eigenvalue weighted by molar-refractivity contribution is 5.86. The third kappa shape index (κ3) is 5.42. The molecular formula is C22H18F3N3O3. The zero-order valence-corrected chi connectivity index (χ0v) is 16.7. The molecule has 0 aliphatic heterocycles. The monoisotopic (exact) mass is 429 g/mol. The van der Waals surface area contributed by atoms with Crippen molar-refractivity contribution in [2.24, 2.45) is 0 Å². The summed E-state index contributed by atoms with van der Waals surface area (Å²) in [5, 5.41) is 3.09. The minimum absolute atomic E-state index is 0.0820. The van der Waals surface area contributed by atoms with Crippen LogP contribution in [0.2, 0.25) is 0 Å². The van der Waals surface area contributed by atoms with Gasteiger partial charge in [-0.3, -0.25) is 0 Å². The highest BCUT2D eigenvalue weighted by atomic mass is 19.4. The lowest BCUT2D eigenvalue weighted by molar-refractivity contribution is -0.137. The quantitative estimate of drug-likeness (QED) is 0.477. The summed E-state index contributed by atoms with van der Waals surface area (Å²) in [6.07, 6.45) is -2.42. The van der Waals surface area contributed by atoms with E-state index in [0.717, 1.165) is 12.1 Å². The largest absolute Gasteiger partial charge is 0.463 e. The zero-order chi connectivity index (χ0) is 22.4. The minimum Gasteiger partial charge on any atom is -0.463 e. The number of nitrogens with one attached hydrogen (secondary N) is 1. The van der Waals surface area contributed by atoms with E-state index in [0.29, 0.717) is 34.8 Å². The van der Waals surface area contributed by atoms with Gasteiger partial charge in [0.05, 0.1) is 30.5 Å². The van der Waals surface area contributed by atoms with Gasteiger partial charge in [0.15, 0.2) is 0 Å². The molecule has 0 saturated heterocycles. The maximum Gasteiger partial charge on any atom is 0.416 e. The number of hydrogen-bond donors (Lipinski definition) is 1. The number of hydrogen-bond acceptors (Lipinski definition) is 6. The van der Waals surface area contributed by atoms with Crippen LogP contribution < -0.4 is 5.32 Å². The van der Waals surface area contributed by atoms with E-state index in [-0.39, 0.29) is 12.3 Å². The van der Waals surface area contributed by atoms with E-state index in [2.05, 4.69) is 31.9 Å². The Hall–Kier alpha value is -3.80. The first kappa shape index (κ1) is 21.9. The number of furan rings is 1. The van der Waals surface area contributed by atoms with Crippen LogP contribution in [0.25, 0.3) is 0 Å². The van der Waals surface area contributed by atoms with E-state index < -0.39 is 17.7 Å². The Morgan fingerprint density at radius 1 is 1.13 bits per heavy atom. The second-order valence-electron chi connectivity index (χ2n) is 6.33. The van der Waals surface area contributed by atoms with Gasteiger partial charge in [-0.2, -0.15) is 13.2 Å². The van der Waals surface area contributed by atoms with Gasteiger partial charge in [0.2, 0.25) is 5.76 Å². The number of alkyl halides is 3. The van der Waals surface area contributed by atoms with Crippen molar-refractivity contribution in [2.45, 2.75) is 26.1 Å². The van der Waals surface area contributed by atoms with Crippen molar-refractivity contribution >= 4 is 11.8 Å². The maximum absolute atomic E-state index is 12.7. The van der Waals surface area contributed by atoms with Gasteiger partial charge in [-0.05, 0) is 42.8 Å². The summed E-state index contributed by atoms with van der Waals surface area (Å²) < 4.78 is 48.2. The molecule has 2 aromatic heterocycles. The fourth-order valence-corrected chi connectivity index (χ4v) is 2.69. The van der Waals surface area contributed by atoms with Crippen LogP contribution in [0.4, 0.5) is 19.0 Å². The third-order valence-electron chi connectivity index (χ3n) is 4.28. The predicted molar refractivity (Wildman–Crippen MR) is 106 cm³/mol. The molecule has 0 radical (unpaired) electrons. The summed E-state index contributed by atoms with van der Waals surface area (Å²) in [6, 6.07) is 7.74. The van der Waals surface area contributed by atoms with Crippen LogP contribution in [0, 0.1) is 11.8 Å². The van der Waals surface area contributed by atoms with Gasteiger partial charge in [0, 0.05) is 5.56 Å². The number of esters is 1. The van der Waals surface area contributed by atoms with Gasteiger partial charge in [-0.1, -0.05) is 18.8 Å². The Morgan fingerprint density at radius 3 is 2.52 bits per heavy atom. The molecule has 3 rings (SSSR count). The van der Waals surface area contributed by atoms with Crippen LogP contribution in [0.5, 0.6) is 0 Å². The molecule has 0 fully saturated rings. The van der Waals surface area contributed by atoms with E-state index >= 15 is 0 Å². The van der Waals surface area contributed by atoms with Crippen molar-refractivity contribution in [1.82, 2.24) is 9.97 Å². The Bertz CT molecular complexity index is 1130. The van der Waals surface area contributed by atoms with Gasteiger partial charge < -0.3 is 14.5 Å². The normalized spacial score (nSPS) is 10.9. The molecule has 9 heteroatoms.